The standard InChI is InChI=1S/C20H25NO4S/c1-4-6-7-8-17(22)21-19-18(20(23)25-5-2)16(13-26-19)14-9-11-15(24-3)12-10-14/h9-13H,4-8H2,1-3H3,(H,21,22). The summed E-state index contributed by atoms with van der Waals surface area (Å²) in [5.41, 5.74) is 2.03. The Morgan fingerprint density at radius 2 is 1.85 bits per heavy atom. The van der Waals surface area contributed by atoms with Gasteiger partial charge in [-0.2, -0.15) is 0 Å². The van der Waals surface area contributed by atoms with E-state index in [-0.39, 0.29) is 12.5 Å². The van der Waals surface area contributed by atoms with Crippen molar-refractivity contribution < 1.29 is 19.1 Å². The number of methoxy groups -OCH3 is 1. The minimum atomic E-state index is -0.427. The van der Waals surface area contributed by atoms with Crippen molar-refractivity contribution in [2.24, 2.45) is 0 Å². The monoisotopic (exact) mass is 375 g/mol. The van der Waals surface area contributed by atoms with Crippen LogP contribution in [0.15, 0.2) is 29.6 Å². The van der Waals surface area contributed by atoms with Crippen molar-refractivity contribution in [3.8, 4) is 16.9 Å². The van der Waals surface area contributed by atoms with Crippen molar-refractivity contribution >= 4 is 28.2 Å². The first-order valence-corrected chi connectivity index (χ1v) is 9.71. The molecule has 26 heavy (non-hydrogen) atoms. The van der Waals surface area contributed by atoms with Gasteiger partial charge in [0.1, 0.15) is 16.3 Å². The summed E-state index contributed by atoms with van der Waals surface area (Å²) in [7, 11) is 1.61. The summed E-state index contributed by atoms with van der Waals surface area (Å²) >= 11 is 1.34. The van der Waals surface area contributed by atoms with E-state index in [0.29, 0.717) is 17.0 Å². The third-order valence-electron chi connectivity index (χ3n) is 3.93. The van der Waals surface area contributed by atoms with Gasteiger partial charge in [0.25, 0.3) is 0 Å². The van der Waals surface area contributed by atoms with E-state index in [4.69, 9.17) is 9.47 Å². The summed E-state index contributed by atoms with van der Waals surface area (Å²) in [5.74, 6) is 0.238. The summed E-state index contributed by atoms with van der Waals surface area (Å²) in [6, 6.07) is 7.45. The van der Waals surface area contributed by atoms with Crippen molar-refractivity contribution in [2.75, 3.05) is 19.0 Å². The highest BCUT2D eigenvalue weighted by atomic mass is 32.1. The lowest BCUT2D eigenvalue weighted by molar-refractivity contribution is -0.116. The number of esters is 1. The van der Waals surface area contributed by atoms with Gasteiger partial charge in [-0.1, -0.05) is 31.9 Å². The molecule has 1 aromatic heterocycles. The largest absolute Gasteiger partial charge is 0.497 e. The summed E-state index contributed by atoms with van der Waals surface area (Å²) < 4.78 is 10.4. The predicted octanol–water partition coefficient (Wildman–Crippen LogP) is 5.12. The average Bonchev–Trinajstić information content (AvgIpc) is 3.05. The first kappa shape index (κ1) is 20.0. The van der Waals surface area contributed by atoms with Gasteiger partial charge in [0, 0.05) is 17.4 Å². The summed E-state index contributed by atoms with van der Waals surface area (Å²) in [4.78, 5) is 24.7. The Bertz CT molecular complexity index is 737. The van der Waals surface area contributed by atoms with E-state index in [1.807, 2.05) is 29.6 Å². The quantitative estimate of drug-likeness (QED) is 0.488. The molecule has 0 spiro atoms. The Kier molecular flexibility index (Phi) is 7.66. The van der Waals surface area contributed by atoms with E-state index in [9.17, 15) is 9.59 Å². The number of thiophene rings is 1. The highest BCUT2D eigenvalue weighted by molar-refractivity contribution is 7.15. The van der Waals surface area contributed by atoms with Crippen LogP contribution in [0.3, 0.4) is 0 Å². The van der Waals surface area contributed by atoms with E-state index >= 15 is 0 Å². The topological polar surface area (TPSA) is 64.6 Å². The van der Waals surface area contributed by atoms with Crippen LogP contribution in [-0.2, 0) is 9.53 Å². The van der Waals surface area contributed by atoms with Crippen LogP contribution in [0.5, 0.6) is 5.75 Å². The number of anilines is 1. The highest BCUT2D eigenvalue weighted by Crippen LogP contribution is 2.37. The van der Waals surface area contributed by atoms with Gasteiger partial charge in [-0.15, -0.1) is 11.3 Å². The minimum absolute atomic E-state index is 0.0767. The van der Waals surface area contributed by atoms with Gasteiger partial charge >= 0.3 is 5.97 Å². The third-order valence-corrected chi connectivity index (χ3v) is 4.83. The van der Waals surface area contributed by atoms with Gasteiger partial charge in [-0.3, -0.25) is 4.79 Å². The number of amides is 1. The van der Waals surface area contributed by atoms with Gasteiger partial charge < -0.3 is 14.8 Å². The molecule has 140 valence electrons. The highest BCUT2D eigenvalue weighted by Gasteiger charge is 2.22. The van der Waals surface area contributed by atoms with E-state index in [2.05, 4.69) is 12.2 Å². The molecular formula is C20H25NO4S. The zero-order valence-corrected chi connectivity index (χ0v) is 16.3. The minimum Gasteiger partial charge on any atom is -0.497 e. The number of benzene rings is 1. The maximum absolute atomic E-state index is 12.5. The van der Waals surface area contributed by atoms with Crippen LogP contribution in [0.2, 0.25) is 0 Å². The molecule has 0 saturated heterocycles. The molecule has 0 bridgehead atoms. The Morgan fingerprint density at radius 1 is 1.12 bits per heavy atom. The number of rotatable bonds is 9. The maximum Gasteiger partial charge on any atom is 0.341 e. The van der Waals surface area contributed by atoms with Crippen LogP contribution >= 0.6 is 11.3 Å². The van der Waals surface area contributed by atoms with Crippen molar-refractivity contribution in [3.63, 3.8) is 0 Å². The van der Waals surface area contributed by atoms with Gasteiger partial charge in [0.2, 0.25) is 5.91 Å². The molecule has 1 amide bonds. The van der Waals surface area contributed by atoms with Gasteiger partial charge in [-0.05, 0) is 31.0 Å². The fraction of sp³-hybridized carbons (Fsp3) is 0.400. The van der Waals surface area contributed by atoms with Crippen molar-refractivity contribution in [1.29, 1.82) is 0 Å². The Balaban J connectivity index is 2.29. The maximum atomic E-state index is 12.5. The fourth-order valence-corrected chi connectivity index (χ4v) is 3.54. The molecule has 0 aliphatic carbocycles. The Hall–Kier alpha value is -2.34. The molecule has 0 unspecified atom stereocenters. The zero-order chi connectivity index (χ0) is 18.9. The molecule has 2 aromatic rings. The van der Waals surface area contributed by atoms with Gasteiger partial charge in [-0.25, -0.2) is 4.79 Å². The normalized spacial score (nSPS) is 10.4. The van der Waals surface area contributed by atoms with Crippen LogP contribution in [0.25, 0.3) is 11.1 Å². The van der Waals surface area contributed by atoms with Gasteiger partial charge in [0.15, 0.2) is 0 Å². The SMILES string of the molecule is CCCCCC(=O)Nc1scc(-c2ccc(OC)cc2)c1C(=O)OCC. The second-order valence-corrected chi connectivity index (χ2v) is 6.69. The number of hydrogen-bond acceptors (Lipinski definition) is 5. The summed E-state index contributed by atoms with van der Waals surface area (Å²) in [6.07, 6.45) is 3.36. The molecule has 5 nitrogen and oxygen atoms in total. The third kappa shape index (κ3) is 5.08. The van der Waals surface area contributed by atoms with Crippen LogP contribution in [0.1, 0.15) is 49.9 Å². The zero-order valence-electron chi connectivity index (χ0n) is 15.5. The molecule has 0 saturated carbocycles. The van der Waals surface area contributed by atoms with Crippen LogP contribution in [0.4, 0.5) is 5.00 Å². The fourth-order valence-electron chi connectivity index (χ4n) is 2.56. The van der Waals surface area contributed by atoms with Crippen LogP contribution < -0.4 is 10.1 Å². The van der Waals surface area contributed by atoms with Gasteiger partial charge in [0.05, 0.1) is 13.7 Å². The molecule has 6 heteroatoms. The number of carbonyl (C=O) groups excluding carboxylic acids is 2. The average molecular weight is 375 g/mol. The van der Waals surface area contributed by atoms with E-state index < -0.39 is 5.97 Å². The molecule has 0 radical (unpaired) electrons. The second kappa shape index (κ2) is 9.97. The molecule has 0 fully saturated rings. The van der Waals surface area contributed by atoms with E-state index in [1.165, 1.54) is 11.3 Å². The summed E-state index contributed by atoms with van der Waals surface area (Å²) in [6.45, 7) is 4.14. The lowest BCUT2D eigenvalue weighted by atomic mass is 10.0. The smallest absolute Gasteiger partial charge is 0.341 e. The van der Waals surface area contributed by atoms with E-state index in [1.54, 1.807) is 14.0 Å². The van der Waals surface area contributed by atoms with Crippen LogP contribution in [0, 0.1) is 0 Å². The Labute approximate surface area is 158 Å². The number of unbranched alkanes of at least 4 members (excludes halogenated alkanes) is 2. The lowest BCUT2D eigenvalue weighted by Crippen LogP contribution is -2.14. The molecule has 1 aromatic carbocycles. The number of carbonyl (C=O) groups is 2. The number of hydrogen-bond donors (Lipinski definition) is 1. The molecule has 0 aliphatic rings. The molecule has 1 N–H and O–H groups in total. The molecule has 0 aliphatic heterocycles. The van der Waals surface area contributed by atoms with Crippen molar-refractivity contribution in [3.05, 3.63) is 35.2 Å². The van der Waals surface area contributed by atoms with E-state index in [0.717, 1.165) is 36.1 Å². The molecule has 0 atom stereocenters. The first-order valence-electron chi connectivity index (χ1n) is 8.83. The summed E-state index contributed by atoms with van der Waals surface area (Å²) in [5, 5.41) is 5.28. The number of nitrogens with one attached hydrogen (secondary N) is 1. The Morgan fingerprint density at radius 3 is 2.46 bits per heavy atom. The second-order valence-electron chi connectivity index (χ2n) is 5.81. The predicted molar refractivity (Wildman–Crippen MR) is 105 cm³/mol. The molecule has 1 heterocycles. The number of ether oxygens (including phenoxy) is 2. The molecule has 2 rings (SSSR count). The molecular weight excluding hydrogens is 350 g/mol. The van der Waals surface area contributed by atoms with Crippen molar-refractivity contribution in [1.82, 2.24) is 0 Å². The van der Waals surface area contributed by atoms with Crippen molar-refractivity contribution in [2.45, 2.75) is 39.5 Å². The lowest BCUT2D eigenvalue weighted by Gasteiger charge is -2.09. The first-order chi connectivity index (χ1) is 12.6. The van der Waals surface area contributed by atoms with Crippen LogP contribution in [-0.4, -0.2) is 25.6 Å².